The van der Waals surface area contributed by atoms with Gasteiger partial charge in [-0.1, -0.05) is 54.6 Å². The lowest BCUT2D eigenvalue weighted by Crippen LogP contribution is -2.44. The van der Waals surface area contributed by atoms with E-state index in [1.165, 1.54) is 11.5 Å². The Bertz CT molecular complexity index is 1830. The number of hydrogen-bond donors (Lipinski definition) is 0. The van der Waals surface area contributed by atoms with E-state index < -0.39 is 0 Å². The standard InChI is InChI=1S/C31H25N6O2/c1-36-18-27(32-19-36)30-35-34-29-25-15-24(21-5-3-2-4-6-21)28(33-26(25)11-12-37(29)30)22-9-7-20(8-10-22)23-16-31(17-23)38-13-14-39-31/h2-12,15,18-19H,13-14,16-17H2,1H3. The summed E-state index contributed by atoms with van der Waals surface area (Å²) in [5.41, 5.74) is 7.79. The van der Waals surface area contributed by atoms with Gasteiger partial charge in [-0.15, -0.1) is 10.2 Å². The Hall–Kier alpha value is -4.40. The van der Waals surface area contributed by atoms with Crippen LogP contribution in [0.2, 0.25) is 0 Å². The predicted molar refractivity (Wildman–Crippen MR) is 148 cm³/mol. The van der Waals surface area contributed by atoms with Gasteiger partial charge in [0.2, 0.25) is 0 Å². The minimum Gasteiger partial charge on any atom is -0.347 e. The zero-order chi connectivity index (χ0) is 26.0. The minimum atomic E-state index is -0.377. The molecule has 1 saturated carbocycles. The van der Waals surface area contributed by atoms with Gasteiger partial charge in [-0.2, -0.15) is 0 Å². The van der Waals surface area contributed by atoms with Gasteiger partial charge in [0.1, 0.15) is 5.69 Å². The van der Waals surface area contributed by atoms with Gasteiger partial charge in [0, 0.05) is 54.7 Å². The molecule has 0 atom stereocenters. The molecule has 1 aliphatic heterocycles. The maximum Gasteiger partial charge on any atom is 0.188 e. The quantitative estimate of drug-likeness (QED) is 0.311. The molecule has 8 heteroatoms. The molecule has 2 fully saturated rings. The zero-order valence-corrected chi connectivity index (χ0v) is 21.4. The molecule has 0 N–H and O–H groups in total. The number of nitrogens with zero attached hydrogens (tertiary/aromatic N) is 6. The van der Waals surface area contributed by atoms with Gasteiger partial charge in [-0.3, -0.25) is 4.40 Å². The SMILES string of the molecule is Cn1cnc(-c2nnc3c4cc(-c5ccccc5)c(-c5ccc([C]6CC7(C6)OCCO7)cc5)nc4ccn23)c1. The number of imidazole rings is 1. The number of pyridine rings is 2. The topological polar surface area (TPSA) is 79.4 Å². The van der Waals surface area contributed by atoms with Crippen molar-refractivity contribution in [2.75, 3.05) is 13.2 Å². The van der Waals surface area contributed by atoms with Gasteiger partial charge in [0.25, 0.3) is 0 Å². The second kappa shape index (κ2) is 8.56. The molecule has 0 unspecified atom stereocenters. The van der Waals surface area contributed by atoms with E-state index in [-0.39, 0.29) is 5.79 Å². The van der Waals surface area contributed by atoms with Crippen molar-refractivity contribution in [2.45, 2.75) is 18.6 Å². The molecule has 8 rings (SSSR count). The fraction of sp³-hybridized carbons (Fsp3) is 0.194. The van der Waals surface area contributed by atoms with Gasteiger partial charge in [-0.25, -0.2) is 9.97 Å². The molecule has 2 aliphatic rings. The second-order valence-electron chi connectivity index (χ2n) is 10.3. The van der Waals surface area contributed by atoms with E-state index in [1.54, 1.807) is 6.33 Å². The van der Waals surface area contributed by atoms with Crippen LogP contribution >= 0.6 is 0 Å². The fourth-order valence-electron chi connectivity index (χ4n) is 5.72. The Labute approximate surface area is 224 Å². The van der Waals surface area contributed by atoms with Crippen molar-refractivity contribution >= 4 is 16.6 Å². The molecular weight excluding hydrogens is 488 g/mol. The maximum atomic E-state index is 5.82. The van der Waals surface area contributed by atoms with E-state index in [1.807, 2.05) is 40.5 Å². The summed E-state index contributed by atoms with van der Waals surface area (Å²) in [7, 11) is 1.94. The van der Waals surface area contributed by atoms with E-state index >= 15 is 0 Å². The third-order valence-corrected chi connectivity index (χ3v) is 7.73. The Kier molecular flexibility index (Phi) is 4.95. The lowest BCUT2D eigenvalue weighted by Gasteiger charge is -2.42. The van der Waals surface area contributed by atoms with Crippen LogP contribution in [0.3, 0.4) is 0 Å². The summed E-state index contributed by atoms with van der Waals surface area (Å²) < 4.78 is 15.5. The summed E-state index contributed by atoms with van der Waals surface area (Å²) in [6, 6.07) is 23.3. The van der Waals surface area contributed by atoms with Gasteiger partial charge in [-0.05, 0) is 23.3 Å². The van der Waals surface area contributed by atoms with Crippen LogP contribution in [0.25, 0.3) is 50.5 Å². The molecule has 6 aromatic rings. The number of ether oxygens (including phenoxy) is 2. The van der Waals surface area contributed by atoms with E-state index in [0.717, 1.165) is 57.5 Å². The first kappa shape index (κ1) is 22.6. The summed E-state index contributed by atoms with van der Waals surface area (Å²) >= 11 is 0. The highest BCUT2D eigenvalue weighted by Crippen LogP contribution is 2.49. The second-order valence-corrected chi connectivity index (χ2v) is 10.3. The van der Waals surface area contributed by atoms with Crippen LogP contribution < -0.4 is 0 Å². The molecule has 39 heavy (non-hydrogen) atoms. The number of hydrogen-bond acceptors (Lipinski definition) is 6. The minimum absolute atomic E-state index is 0.377. The van der Waals surface area contributed by atoms with Crippen LogP contribution in [-0.2, 0) is 16.5 Å². The first-order valence-corrected chi connectivity index (χ1v) is 13.1. The smallest absolute Gasteiger partial charge is 0.188 e. The van der Waals surface area contributed by atoms with E-state index in [2.05, 4.69) is 69.8 Å². The molecule has 2 aromatic carbocycles. The van der Waals surface area contributed by atoms with Crippen molar-refractivity contribution in [1.82, 2.24) is 29.1 Å². The van der Waals surface area contributed by atoms with Crippen LogP contribution in [0.5, 0.6) is 0 Å². The van der Waals surface area contributed by atoms with Gasteiger partial charge in [0.15, 0.2) is 17.3 Å². The number of aromatic nitrogens is 6. The summed E-state index contributed by atoms with van der Waals surface area (Å²) in [4.78, 5) is 9.64. The summed E-state index contributed by atoms with van der Waals surface area (Å²) in [6.45, 7) is 1.38. The van der Waals surface area contributed by atoms with E-state index in [4.69, 9.17) is 14.5 Å². The van der Waals surface area contributed by atoms with Crippen LogP contribution in [0.15, 0.2) is 85.5 Å². The Morgan fingerprint density at radius 2 is 1.62 bits per heavy atom. The maximum absolute atomic E-state index is 5.82. The number of rotatable bonds is 4. The molecule has 4 aromatic heterocycles. The Balaban J connectivity index is 1.23. The zero-order valence-electron chi connectivity index (χ0n) is 21.4. The van der Waals surface area contributed by atoms with Crippen LogP contribution in [0.1, 0.15) is 18.4 Å². The van der Waals surface area contributed by atoms with Gasteiger partial charge < -0.3 is 14.0 Å². The molecule has 1 spiro atoms. The molecule has 0 amide bonds. The monoisotopic (exact) mass is 513 g/mol. The van der Waals surface area contributed by atoms with E-state index in [9.17, 15) is 0 Å². The number of fused-ring (bicyclic) bond motifs is 3. The Morgan fingerprint density at radius 3 is 2.36 bits per heavy atom. The lowest BCUT2D eigenvalue weighted by atomic mass is 9.74. The normalized spacial score (nSPS) is 16.8. The van der Waals surface area contributed by atoms with Crippen LogP contribution in [-0.4, -0.2) is 48.1 Å². The first-order valence-electron chi connectivity index (χ1n) is 13.1. The van der Waals surface area contributed by atoms with Crippen molar-refractivity contribution < 1.29 is 9.47 Å². The highest BCUT2D eigenvalue weighted by atomic mass is 16.7. The summed E-state index contributed by atoms with van der Waals surface area (Å²) in [5, 5.41) is 9.96. The fourth-order valence-corrected chi connectivity index (χ4v) is 5.72. The third-order valence-electron chi connectivity index (χ3n) is 7.73. The van der Waals surface area contributed by atoms with Crippen molar-refractivity contribution in [3.63, 3.8) is 0 Å². The van der Waals surface area contributed by atoms with Crippen LogP contribution in [0, 0.1) is 5.92 Å². The van der Waals surface area contributed by atoms with Crippen molar-refractivity contribution in [2.24, 2.45) is 7.05 Å². The number of benzene rings is 2. The van der Waals surface area contributed by atoms with Gasteiger partial charge >= 0.3 is 0 Å². The first-order chi connectivity index (χ1) is 19.2. The largest absolute Gasteiger partial charge is 0.347 e. The lowest BCUT2D eigenvalue weighted by molar-refractivity contribution is -0.192. The molecular formula is C31H25N6O2. The summed E-state index contributed by atoms with van der Waals surface area (Å²) in [5.74, 6) is 1.70. The molecule has 1 saturated heterocycles. The highest BCUT2D eigenvalue weighted by Gasteiger charge is 2.49. The molecule has 8 nitrogen and oxygen atoms in total. The molecule has 1 radical (unpaired) electrons. The van der Waals surface area contributed by atoms with Gasteiger partial charge in [0.05, 0.1) is 30.8 Å². The Morgan fingerprint density at radius 1 is 0.846 bits per heavy atom. The predicted octanol–water partition coefficient (Wildman–Crippen LogP) is 5.47. The van der Waals surface area contributed by atoms with E-state index in [0.29, 0.717) is 19.0 Å². The van der Waals surface area contributed by atoms with Crippen molar-refractivity contribution in [1.29, 1.82) is 0 Å². The third kappa shape index (κ3) is 3.67. The molecule has 5 heterocycles. The average Bonchev–Trinajstić information content (AvgIpc) is 3.72. The summed E-state index contributed by atoms with van der Waals surface area (Å²) in [6.07, 6.45) is 7.35. The van der Waals surface area contributed by atoms with Crippen molar-refractivity contribution in [3.05, 3.63) is 96.9 Å². The molecule has 0 bridgehead atoms. The number of aryl methyl sites for hydroxylation is 1. The van der Waals surface area contributed by atoms with Crippen molar-refractivity contribution in [3.8, 4) is 33.9 Å². The molecule has 191 valence electrons. The average molecular weight is 514 g/mol. The highest BCUT2D eigenvalue weighted by molar-refractivity contribution is 5.98. The molecule has 1 aliphatic carbocycles. The van der Waals surface area contributed by atoms with Crippen LogP contribution in [0.4, 0.5) is 0 Å².